The van der Waals surface area contributed by atoms with Gasteiger partial charge < -0.3 is 9.47 Å². The maximum atomic E-state index is 13.2. The van der Waals surface area contributed by atoms with Crippen LogP contribution in [0, 0.1) is 0 Å². The van der Waals surface area contributed by atoms with Crippen LogP contribution >= 0.6 is 11.8 Å². The summed E-state index contributed by atoms with van der Waals surface area (Å²) < 4.78 is 10.6. The highest BCUT2D eigenvalue weighted by atomic mass is 32.2. The molecule has 5 nitrogen and oxygen atoms in total. The first-order chi connectivity index (χ1) is 12.6. The van der Waals surface area contributed by atoms with Gasteiger partial charge in [0, 0.05) is 6.07 Å². The van der Waals surface area contributed by atoms with Gasteiger partial charge in [-0.15, -0.1) is 11.8 Å². The first kappa shape index (κ1) is 18.1. The van der Waals surface area contributed by atoms with E-state index >= 15 is 0 Å². The molecule has 0 saturated carbocycles. The summed E-state index contributed by atoms with van der Waals surface area (Å²) in [6, 6.07) is 14.3. The standard InChI is InChI=1S/C20H19NO4S/c1-4-26-18-17(13-8-6-5-7-9-13)19(22)21(20(18)23)15-12-14(24-2)10-11-16(15)25-3/h5-12H,4H2,1-3H3. The Balaban J connectivity index is 2.13. The van der Waals surface area contributed by atoms with Crippen molar-refractivity contribution >= 4 is 34.8 Å². The molecular formula is C20H19NO4S. The fourth-order valence-electron chi connectivity index (χ4n) is 2.84. The number of ether oxygens (including phenoxy) is 2. The van der Waals surface area contributed by atoms with Crippen molar-refractivity contribution in [3.05, 3.63) is 59.0 Å². The van der Waals surface area contributed by atoms with Crippen LogP contribution in [0.2, 0.25) is 0 Å². The predicted octanol–water partition coefficient (Wildman–Crippen LogP) is 3.74. The predicted molar refractivity (Wildman–Crippen MR) is 104 cm³/mol. The van der Waals surface area contributed by atoms with Gasteiger partial charge in [0.15, 0.2) is 0 Å². The van der Waals surface area contributed by atoms with Crippen molar-refractivity contribution in [1.29, 1.82) is 0 Å². The molecule has 0 spiro atoms. The fourth-order valence-corrected chi connectivity index (χ4v) is 3.69. The molecule has 0 atom stereocenters. The number of methoxy groups -OCH3 is 2. The lowest BCUT2D eigenvalue weighted by Crippen LogP contribution is -2.31. The zero-order valence-corrected chi connectivity index (χ0v) is 15.6. The Bertz CT molecular complexity index is 877. The molecule has 134 valence electrons. The van der Waals surface area contributed by atoms with Crippen molar-refractivity contribution < 1.29 is 19.1 Å². The zero-order valence-electron chi connectivity index (χ0n) is 14.8. The first-order valence-corrected chi connectivity index (χ1v) is 9.14. The van der Waals surface area contributed by atoms with Crippen molar-refractivity contribution in [2.45, 2.75) is 6.92 Å². The largest absolute Gasteiger partial charge is 0.497 e. The summed E-state index contributed by atoms with van der Waals surface area (Å²) in [6.07, 6.45) is 0. The average molecular weight is 369 g/mol. The first-order valence-electron chi connectivity index (χ1n) is 8.15. The number of imide groups is 1. The van der Waals surface area contributed by atoms with E-state index in [2.05, 4.69) is 0 Å². The molecule has 1 heterocycles. The van der Waals surface area contributed by atoms with E-state index in [1.807, 2.05) is 37.3 Å². The Morgan fingerprint density at radius 2 is 1.69 bits per heavy atom. The third-order valence-corrected chi connectivity index (χ3v) is 4.98. The molecular weight excluding hydrogens is 350 g/mol. The lowest BCUT2D eigenvalue weighted by Gasteiger charge is -2.19. The zero-order chi connectivity index (χ0) is 18.7. The molecule has 1 aliphatic heterocycles. The highest BCUT2D eigenvalue weighted by molar-refractivity contribution is 8.04. The molecule has 0 fully saturated rings. The number of hydrogen-bond donors (Lipinski definition) is 0. The summed E-state index contributed by atoms with van der Waals surface area (Å²) in [6.45, 7) is 1.95. The normalized spacial score (nSPS) is 14.2. The SMILES string of the molecule is CCSC1=C(c2ccccc2)C(=O)N(c2cc(OC)ccc2OC)C1=O. The van der Waals surface area contributed by atoms with Crippen molar-refractivity contribution in [3.8, 4) is 11.5 Å². The summed E-state index contributed by atoms with van der Waals surface area (Å²) in [4.78, 5) is 27.9. The molecule has 0 radical (unpaired) electrons. The number of amides is 2. The van der Waals surface area contributed by atoms with Crippen molar-refractivity contribution in [2.75, 3.05) is 24.9 Å². The van der Waals surface area contributed by atoms with E-state index in [1.54, 1.807) is 18.2 Å². The van der Waals surface area contributed by atoms with Gasteiger partial charge in [-0.1, -0.05) is 37.3 Å². The van der Waals surface area contributed by atoms with Gasteiger partial charge in [0.1, 0.15) is 11.5 Å². The van der Waals surface area contributed by atoms with Crippen LogP contribution in [-0.2, 0) is 9.59 Å². The Hall–Kier alpha value is -2.73. The molecule has 6 heteroatoms. The molecule has 1 aliphatic rings. The third-order valence-electron chi connectivity index (χ3n) is 4.02. The second kappa shape index (κ2) is 7.66. The van der Waals surface area contributed by atoms with E-state index in [9.17, 15) is 9.59 Å². The van der Waals surface area contributed by atoms with Crippen molar-refractivity contribution in [3.63, 3.8) is 0 Å². The van der Waals surface area contributed by atoms with Crippen LogP contribution in [0.3, 0.4) is 0 Å². The van der Waals surface area contributed by atoms with Gasteiger partial charge in [0.25, 0.3) is 11.8 Å². The number of carbonyl (C=O) groups is 2. The summed E-state index contributed by atoms with van der Waals surface area (Å²) >= 11 is 1.37. The monoisotopic (exact) mass is 369 g/mol. The lowest BCUT2D eigenvalue weighted by atomic mass is 10.1. The maximum Gasteiger partial charge on any atom is 0.272 e. The number of thioether (sulfide) groups is 1. The summed E-state index contributed by atoms with van der Waals surface area (Å²) in [5.74, 6) is 0.964. The van der Waals surface area contributed by atoms with E-state index in [4.69, 9.17) is 9.47 Å². The van der Waals surface area contributed by atoms with E-state index < -0.39 is 0 Å². The molecule has 0 unspecified atom stereocenters. The number of benzene rings is 2. The third kappa shape index (κ3) is 3.08. The minimum Gasteiger partial charge on any atom is -0.497 e. The van der Waals surface area contributed by atoms with Crippen LogP contribution in [0.1, 0.15) is 12.5 Å². The van der Waals surface area contributed by atoms with Crippen molar-refractivity contribution in [1.82, 2.24) is 0 Å². The number of hydrogen-bond acceptors (Lipinski definition) is 5. The van der Waals surface area contributed by atoms with Crippen LogP contribution in [0.4, 0.5) is 5.69 Å². The van der Waals surface area contributed by atoms with Crippen LogP contribution in [0.5, 0.6) is 11.5 Å². The summed E-state index contributed by atoms with van der Waals surface area (Å²) in [7, 11) is 3.04. The molecule has 2 amide bonds. The Labute approximate surface area is 156 Å². The van der Waals surface area contributed by atoms with Gasteiger partial charge in [-0.05, 0) is 23.4 Å². The average Bonchev–Trinajstić information content (AvgIpc) is 2.92. The minimum atomic E-state index is -0.358. The molecule has 0 saturated heterocycles. The minimum absolute atomic E-state index is 0.341. The van der Waals surface area contributed by atoms with Gasteiger partial charge >= 0.3 is 0 Å². The number of nitrogens with zero attached hydrogens (tertiary/aromatic N) is 1. The van der Waals surface area contributed by atoms with Crippen LogP contribution in [0.15, 0.2) is 53.4 Å². The Morgan fingerprint density at radius 1 is 0.962 bits per heavy atom. The number of anilines is 1. The smallest absolute Gasteiger partial charge is 0.272 e. The van der Waals surface area contributed by atoms with Crippen molar-refractivity contribution in [2.24, 2.45) is 0 Å². The van der Waals surface area contributed by atoms with E-state index in [-0.39, 0.29) is 11.8 Å². The van der Waals surface area contributed by atoms with Crippen LogP contribution in [0.25, 0.3) is 5.57 Å². The molecule has 2 aromatic rings. The maximum absolute atomic E-state index is 13.2. The summed E-state index contributed by atoms with van der Waals surface area (Å²) in [5.41, 5.74) is 1.53. The van der Waals surface area contributed by atoms with E-state index in [1.165, 1.54) is 30.9 Å². The van der Waals surface area contributed by atoms with Crippen LogP contribution < -0.4 is 14.4 Å². The fraction of sp³-hybridized carbons (Fsp3) is 0.200. The molecule has 0 N–H and O–H groups in total. The van der Waals surface area contributed by atoms with Gasteiger partial charge in [-0.3, -0.25) is 9.59 Å². The Morgan fingerprint density at radius 3 is 2.31 bits per heavy atom. The van der Waals surface area contributed by atoms with Gasteiger partial charge in [0.2, 0.25) is 0 Å². The molecule has 3 rings (SSSR count). The number of rotatable bonds is 6. The second-order valence-corrected chi connectivity index (χ2v) is 6.76. The quantitative estimate of drug-likeness (QED) is 0.726. The lowest BCUT2D eigenvalue weighted by molar-refractivity contribution is -0.119. The Kier molecular flexibility index (Phi) is 5.32. The van der Waals surface area contributed by atoms with E-state index in [0.717, 1.165) is 5.56 Å². The second-order valence-electron chi connectivity index (χ2n) is 5.49. The molecule has 26 heavy (non-hydrogen) atoms. The van der Waals surface area contributed by atoms with E-state index in [0.29, 0.717) is 33.4 Å². The number of carbonyl (C=O) groups excluding carboxylic acids is 2. The molecule has 0 aliphatic carbocycles. The summed E-state index contributed by atoms with van der Waals surface area (Å²) in [5, 5.41) is 0. The van der Waals surface area contributed by atoms with Gasteiger partial charge in [-0.2, -0.15) is 0 Å². The van der Waals surface area contributed by atoms with Gasteiger partial charge in [0.05, 0.1) is 30.4 Å². The highest BCUT2D eigenvalue weighted by Crippen LogP contribution is 2.42. The molecule has 2 aromatic carbocycles. The topological polar surface area (TPSA) is 55.8 Å². The highest BCUT2D eigenvalue weighted by Gasteiger charge is 2.41. The molecule has 0 aromatic heterocycles. The van der Waals surface area contributed by atoms with Gasteiger partial charge in [-0.25, -0.2) is 4.90 Å². The molecule has 0 bridgehead atoms. The van der Waals surface area contributed by atoms with Crippen LogP contribution in [-0.4, -0.2) is 31.8 Å².